The van der Waals surface area contributed by atoms with Gasteiger partial charge < -0.3 is 9.47 Å². The van der Waals surface area contributed by atoms with Crippen LogP contribution in [0.25, 0.3) is 0 Å². The Kier molecular flexibility index (Phi) is 3.36. The Bertz CT molecular complexity index is 324. The maximum absolute atomic E-state index is 10.8. The van der Waals surface area contributed by atoms with E-state index in [4.69, 9.17) is 0 Å². The molecule has 1 aliphatic rings. The highest BCUT2D eigenvalue weighted by Crippen LogP contribution is 2.18. The Morgan fingerprint density at radius 3 is 1.71 bits per heavy atom. The first kappa shape index (κ1) is 10.4. The van der Waals surface area contributed by atoms with Gasteiger partial charge in [0.05, 0.1) is 11.1 Å². The molecule has 4 nitrogen and oxygen atoms in total. The van der Waals surface area contributed by atoms with Gasteiger partial charge in [-0.15, -0.1) is 0 Å². The Morgan fingerprint density at radius 2 is 1.36 bits per heavy atom. The second-order valence-corrected chi connectivity index (χ2v) is 2.63. The van der Waals surface area contributed by atoms with Crippen LogP contribution in [-0.4, -0.2) is 26.2 Å². The van der Waals surface area contributed by atoms with Gasteiger partial charge in [0.25, 0.3) is 0 Å². The molecule has 1 aromatic rings. The van der Waals surface area contributed by atoms with Gasteiger partial charge in [-0.25, -0.2) is 9.59 Å². The van der Waals surface area contributed by atoms with E-state index < -0.39 is 11.9 Å². The van der Waals surface area contributed by atoms with Crippen LogP contribution in [0.3, 0.4) is 0 Å². The zero-order valence-corrected chi connectivity index (χ0v) is 7.94. The van der Waals surface area contributed by atoms with Crippen molar-refractivity contribution in [3.63, 3.8) is 0 Å². The summed E-state index contributed by atoms with van der Waals surface area (Å²) in [7, 11) is 3.25. The number of esters is 2. The van der Waals surface area contributed by atoms with Crippen molar-refractivity contribution in [2.24, 2.45) is 0 Å². The summed E-state index contributed by atoms with van der Waals surface area (Å²) in [6.07, 6.45) is 0. The van der Waals surface area contributed by atoms with Crippen molar-refractivity contribution in [2.45, 2.75) is 0 Å². The number of hydrogen-bond acceptors (Lipinski definition) is 4. The highest BCUT2D eigenvalue weighted by Gasteiger charge is 2.28. The van der Waals surface area contributed by atoms with Crippen molar-refractivity contribution in [3.8, 4) is 0 Å². The van der Waals surface area contributed by atoms with Gasteiger partial charge in [-0.3, -0.25) is 0 Å². The van der Waals surface area contributed by atoms with E-state index in [2.05, 4.69) is 9.47 Å². The normalized spacial score (nSPS) is 12.7. The van der Waals surface area contributed by atoms with Gasteiger partial charge in [0, 0.05) is 14.2 Å². The quantitative estimate of drug-likeness (QED) is 0.461. The van der Waals surface area contributed by atoms with Crippen LogP contribution in [0.1, 0.15) is 20.7 Å². The maximum atomic E-state index is 10.8. The third kappa shape index (κ3) is 1.97. The lowest BCUT2D eigenvalue weighted by Gasteiger charge is -1.86. The van der Waals surface area contributed by atoms with Crippen LogP contribution < -0.4 is 0 Å². The van der Waals surface area contributed by atoms with E-state index >= 15 is 0 Å². The van der Waals surface area contributed by atoms with E-state index in [1.165, 1.54) is 0 Å². The number of fused-ring (bicyclic) bond motifs is 1. The minimum absolute atomic E-state index is 0.359. The Hall–Kier alpha value is -1.68. The number of carbonyl (C=O) groups excluding carboxylic acids is 2. The SMILES string of the molecule is COC.O=C1OC(=O)c2ccccc21. The third-order valence-electron chi connectivity index (χ3n) is 1.55. The molecule has 1 heterocycles. The molecule has 1 aliphatic heterocycles. The molecule has 4 heteroatoms. The van der Waals surface area contributed by atoms with Gasteiger partial charge in [-0.2, -0.15) is 0 Å². The molecule has 0 N–H and O–H groups in total. The standard InChI is InChI=1S/C8H4O3.C2H6O/c9-7-5-3-1-2-4-6(5)8(10)11-7;1-3-2/h1-4H;1-2H3. The van der Waals surface area contributed by atoms with Gasteiger partial charge in [0.1, 0.15) is 0 Å². The molecule has 0 saturated heterocycles. The molecule has 1 aromatic carbocycles. The van der Waals surface area contributed by atoms with Gasteiger partial charge >= 0.3 is 11.9 Å². The minimum Gasteiger partial charge on any atom is -0.388 e. The van der Waals surface area contributed by atoms with Crippen molar-refractivity contribution in [2.75, 3.05) is 14.2 Å². The van der Waals surface area contributed by atoms with E-state index in [1.54, 1.807) is 38.5 Å². The number of rotatable bonds is 0. The van der Waals surface area contributed by atoms with Crippen molar-refractivity contribution in [1.29, 1.82) is 0 Å². The molecule has 0 spiro atoms. The van der Waals surface area contributed by atoms with Gasteiger partial charge in [0.15, 0.2) is 0 Å². The average molecular weight is 194 g/mol. The fourth-order valence-electron chi connectivity index (χ4n) is 1.03. The van der Waals surface area contributed by atoms with Crippen molar-refractivity contribution in [1.82, 2.24) is 0 Å². The van der Waals surface area contributed by atoms with E-state index in [0.717, 1.165) is 0 Å². The van der Waals surface area contributed by atoms with Crippen LogP contribution in [0.2, 0.25) is 0 Å². The first-order valence-electron chi connectivity index (χ1n) is 3.96. The Morgan fingerprint density at radius 1 is 1.00 bits per heavy atom. The topological polar surface area (TPSA) is 52.6 Å². The number of benzene rings is 1. The molecule has 0 aliphatic carbocycles. The molecule has 14 heavy (non-hydrogen) atoms. The van der Waals surface area contributed by atoms with Crippen LogP contribution in [0.15, 0.2) is 24.3 Å². The lowest BCUT2D eigenvalue weighted by Crippen LogP contribution is -1.96. The minimum atomic E-state index is -0.550. The second kappa shape index (κ2) is 4.53. The van der Waals surface area contributed by atoms with Gasteiger partial charge in [-0.1, -0.05) is 12.1 Å². The van der Waals surface area contributed by atoms with E-state index in [9.17, 15) is 9.59 Å². The predicted molar refractivity (Wildman–Crippen MR) is 49.1 cm³/mol. The first-order chi connectivity index (χ1) is 6.70. The highest BCUT2D eigenvalue weighted by molar-refractivity contribution is 6.14. The van der Waals surface area contributed by atoms with Crippen molar-refractivity contribution < 1.29 is 19.1 Å². The molecule has 0 radical (unpaired) electrons. The summed E-state index contributed by atoms with van der Waals surface area (Å²) in [5, 5.41) is 0. The van der Waals surface area contributed by atoms with Gasteiger partial charge in [-0.05, 0) is 12.1 Å². The fourth-order valence-corrected chi connectivity index (χ4v) is 1.03. The summed E-state index contributed by atoms with van der Waals surface area (Å²) < 4.78 is 8.60. The highest BCUT2D eigenvalue weighted by atomic mass is 16.6. The Balaban J connectivity index is 0.000000293. The number of methoxy groups -OCH3 is 1. The summed E-state index contributed by atoms with van der Waals surface area (Å²) in [4.78, 5) is 21.7. The zero-order chi connectivity index (χ0) is 10.6. The molecular formula is C10H10O4. The molecule has 0 bridgehead atoms. The molecule has 74 valence electrons. The van der Waals surface area contributed by atoms with Crippen LogP contribution in [0.4, 0.5) is 0 Å². The summed E-state index contributed by atoms with van der Waals surface area (Å²) in [6, 6.07) is 6.53. The van der Waals surface area contributed by atoms with Gasteiger partial charge in [0.2, 0.25) is 0 Å². The molecule has 0 aromatic heterocycles. The zero-order valence-electron chi connectivity index (χ0n) is 7.94. The van der Waals surface area contributed by atoms with Crippen LogP contribution in [-0.2, 0) is 9.47 Å². The number of cyclic esters (lactones) is 2. The monoisotopic (exact) mass is 194 g/mol. The molecule has 0 amide bonds. The van der Waals surface area contributed by atoms with Crippen molar-refractivity contribution in [3.05, 3.63) is 35.4 Å². The lowest BCUT2D eigenvalue weighted by atomic mass is 10.1. The number of ether oxygens (including phenoxy) is 2. The molecule has 0 fully saturated rings. The first-order valence-corrected chi connectivity index (χ1v) is 3.96. The maximum Gasteiger partial charge on any atom is 0.346 e. The third-order valence-corrected chi connectivity index (χ3v) is 1.55. The number of carbonyl (C=O) groups is 2. The second-order valence-electron chi connectivity index (χ2n) is 2.63. The van der Waals surface area contributed by atoms with Crippen LogP contribution in [0.5, 0.6) is 0 Å². The largest absolute Gasteiger partial charge is 0.388 e. The van der Waals surface area contributed by atoms with Crippen LogP contribution >= 0.6 is 0 Å². The summed E-state index contributed by atoms with van der Waals surface area (Å²) in [6.45, 7) is 0. The average Bonchev–Trinajstić information content (AvgIpc) is 2.45. The van der Waals surface area contributed by atoms with E-state index in [1.807, 2.05) is 0 Å². The lowest BCUT2D eigenvalue weighted by molar-refractivity contribution is 0.0444. The predicted octanol–water partition coefficient (Wildman–Crippen LogP) is 1.26. The molecular weight excluding hydrogens is 184 g/mol. The summed E-state index contributed by atoms with van der Waals surface area (Å²) >= 11 is 0. The van der Waals surface area contributed by atoms with E-state index in [0.29, 0.717) is 11.1 Å². The van der Waals surface area contributed by atoms with E-state index in [-0.39, 0.29) is 0 Å². The molecule has 2 rings (SSSR count). The summed E-state index contributed by atoms with van der Waals surface area (Å²) in [5.41, 5.74) is 0.718. The molecule has 0 atom stereocenters. The van der Waals surface area contributed by atoms with Crippen molar-refractivity contribution >= 4 is 11.9 Å². The molecule has 0 saturated carbocycles. The smallest absolute Gasteiger partial charge is 0.346 e. The fraction of sp³-hybridized carbons (Fsp3) is 0.200. The Labute approximate surface area is 81.4 Å². The summed E-state index contributed by atoms with van der Waals surface area (Å²) in [5.74, 6) is -1.10. The molecule has 0 unspecified atom stereocenters. The van der Waals surface area contributed by atoms with Crippen LogP contribution in [0, 0.1) is 0 Å². The number of hydrogen-bond donors (Lipinski definition) is 0.